The lowest BCUT2D eigenvalue weighted by molar-refractivity contribution is -0.862. The molecule has 3 N–H and O–H groups in total. The molecule has 0 bridgehead atoms. The summed E-state index contributed by atoms with van der Waals surface area (Å²) in [6.07, 6.45) is 6.98. The molecule has 0 unspecified atom stereocenters. The molecule has 3 aliphatic rings. The fourth-order valence-corrected chi connectivity index (χ4v) is 2.59. The maximum Gasteiger partial charge on any atom is 0.0938 e. The van der Waals surface area contributed by atoms with E-state index in [1.807, 2.05) is 0 Å². The van der Waals surface area contributed by atoms with Gasteiger partial charge in [-0.2, -0.15) is 21.1 Å². The number of quaternary nitrogens is 3. The minimum Gasteiger partial charge on any atom is -0.468 e. The molecule has 0 radical (unpaired) electrons. The summed E-state index contributed by atoms with van der Waals surface area (Å²) in [5, 5.41) is 0. The summed E-state index contributed by atoms with van der Waals surface area (Å²) in [7, 11) is 11.6. The van der Waals surface area contributed by atoms with Crippen LogP contribution in [0.3, 0.4) is 0 Å². The largest absolute Gasteiger partial charge is 0.468 e. The molecule has 0 saturated carbocycles. The van der Waals surface area contributed by atoms with Gasteiger partial charge in [-0.25, -0.2) is 0 Å². The number of likely N-dealkylation sites (tertiary alicyclic amines) is 2. The van der Waals surface area contributed by atoms with Gasteiger partial charge < -0.3 is 19.4 Å². The molecule has 0 aromatic rings. The molecular formula is C16H35N3O. The van der Waals surface area contributed by atoms with Crippen LogP contribution in [-0.2, 0) is 4.74 Å². The highest BCUT2D eigenvalue weighted by molar-refractivity contribution is 4.44. The van der Waals surface area contributed by atoms with Crippen LogP contribution >= 0.6 is 0 Å². The Morgan fingerprint density at radius 3 is 1.10 bits per heavy atom. The summed E-state index contributed by atoms with van der Waals surface area (Å²) in [4.78, 5) is 4.26. The van der Waals surface area contributed by atoms with Gasteiger partial charge in [-0.3, -0.25) is 0 Å². The Bertz CT molecular complexity index is 192. The van der Waals surface area contributed by atoms with Crippen LogP contribution in [-0.4, -0.2) is 52.5 Å². The normalized spacial score (nSPS) is 25.4. The van der Waals surface area contributed by atoms with Crippen molar-refractivity contribution in [2.45, 2.75) is 32.1 Å². The highest BCUT2D eigenvalue weighted by Gasteiger charge is 2.03. The van der Waals surface area contributed by atoms with E-state index in [1.165, 1.54) is 73.0 Å². The summed E-state index contributed by atoms with van der Waals surface area (Å²) in [6.45, 7) is 9.08. The summed E-state index contributed by atoms with van der Waals surface area (Å²) in [5.41, 5.74) is 0. The van der Waals surface area contributed by atoms with Crippen molar-refractivity contribution in [2.75, 3.05) is 52.5 Å². The van der Waals surface area contributed by atoms with Crippen molar-refractivity contribution in [1.82, 2.24) is 0 Å². The highest BCUT2D eigenvalue weighted by atomic mass is 16.5. The van der Waals surface area contributed by atoms with E-state index in [4.69, 9.17) is 4.74 Å². The average Bonchev–Trinajstić information content (AvgIpc) is 2.93. The van der Waals surface area contributed by atoms with Gasteiger partial charge in [-0.05, 0) is 32.1 Å². The fourth-order valence-electron chi connectivity index (χ4n) is 2.59. The molecule has 0 amide bonds. The molecule has 20 heavy (non-hydrogen) atoms. The second-order valence-corrected chi connectivity index (χ2v) is 6.13. The third-order valence-corrected chi connectivity index (χ3v) is 4.07. The highest BCUT2D eigenvalue weighted by Crippen LogP contribution is 1.93. The Morgan fingerprint density at radius 2 is 0.850 bits per heavy atom. The third-order valence-electron chi connectivity index (χ3n) is 4.07. The SMILES string of the molecule is [CH2-][NH+]1CCCC1.[CH2-][NH+]1CCCCC1.[CH2-][NH+]1CCOCC1. The number of morpholine rings is 1. The van der Waals surface area contributed by atoms with Crippen molar-refractivity contribution in [1.29, 1.82) is 0 Å². The number of hydrogen-bond donors (Lipinski definition) is 3. The Balaban J connectivity index is 0.000000151. The van der Waals surface area contributed by atoms with Gasteiger partial charge in [0.15, 0.2) is 0 Å². The fraction of sp³-hybridized carbons (Fsp3) is 0.812. The zero-order valence-corrected chi connectivity index (χ0v) is 13.2. The zero-order chi connectivity index (χ0) is 14.6. The summed E-state index contributed by atoms with van der Waals surface area (Å²) in [5.74, 6) is 0. The van der Waals surface area contributed by atoms with E-state index in [2.05, 4.69) is 21.1 Å². The van der Waals surface area contributed by atoms with Gasteiger partial charge in [-0.15, -0.1) is 0 Å². The first-order chi connectivity index (χ1) is 9.68. The van der Waals surface area contributed by atoms with E-state index in [1.54, 1.807) is 0 Å². The first-order valence-electron chi connectivity index (χ1n) is 8.26. The molecule has 0 spiro atoms. The molecule has 0 aliphatic carbocycles. The van der Waals surface area contributed by atoms with E-state index < -0.39 is 0 Å². The van der Waals surface area contributed by atoms with E-state index in [9.17, 15) is 0 Å². The molecule has 0 atom stereocenters. The Morgan fingerprint density at radius 1 is 0.500 bits per heavy atom. The molecule has 3 saturated heterocycles. The van der Waals surface area contributed by atoms with Gasteiger partial charge in [0.25, 0.3) is 0 Å². The van der Waals surface area contributed by atoms with Crippen LogP contribution in [0.4, 0.5) is 0 Å². The number of ether oxygens (including phenoxy) is 1. The van der Waals surface area contributed by atoms with Crippen LogP contribution in [0.5, 0.6) is 0 Å². The van der Waals surface area contributed by atoms with Crippen molar-refractivity contribution in [2.24, 2.45) is 0 Å². The lowest BCUT2D eigenvalue weighted by Gasteiger charge is -2.24. The minimum atomic E-state index is 0.888. The Hall–Kier alpha value is -0.160. The minimum absolute atomic E-state index is 0.888. The molecule has 3 fully saturated rings. The molecule has 4 heteroatoms. The van der Waals surface area contributed by atoms with Crippen molar-refractivity contribution in [3.63, 3.8) is 0 Å². The van der Waals surface area contributed by atoms with E-state index in [0.717, 1.165) is 26.3 Å². The Labute approximate surface area is 126 Å². The lowest BCUT2D eigenvalue weighted by Crippen LogP contribution is -3.09. The lowest BCUT2D eigenvalue weighted by atomic mass is 10.1. The number of hydrogen-bond acceptors (Lipinski definition) is 1. The molecule has 3 heterocycles. The van der Waals surface area contributed by atoms with Gasteiger partial charge in [0.2, 0.25) is 0 Å². The Kier molecular flexibility index (Phi) is 10.3. The van der Waals surface area contributed by atoms with E-state index in [0.29, 0.717) is 0 Å². The second kappa shape index (κ2) is 11.5. The number of nitrogens with one attached hydrogen (secondary N) is 3. The third kappa shape index (κ3) is 9.70. The first-order valence-corrected chi connectivity index (χ1v) is 8.26. The van der Waals surface area contributed by atoms with Gasteiger partial charge in [0.05, 0.1) is 52.5 Å². The monoisotopic (exact) mass is 285 g/mol. The molecular weight excluding hydrogens is 250 g/mol. The van der Waals surface area contributed by atoms with Crippen molar-refractivity contribution in [3.05, 3.63) is 21.1 Å². The molecule has 3 rings (SSSR count). The number of piperidine rings is 1. The van der Waals surface area contributed by atoms with Crippen LogP contribution in [0, 0.1) is 21.1 Å². The van der Waals surface area contributed by atoms with Crippen molar-refractivity contribution in [3.8, 4) is 0 Å². The van der Waals surface area contributed by atoms with Crippen molar-refractivity contribution < 1.29 is 19.4 Å². The molecule has 3 aliphatic heterocycles. The van der Waals surface area contributed by atoms with Crippen LogP contribution < -0.4 is 14.7 Å². The van der Waals surface area contributed by atoms with Crippen molar-refractivity contribution >= 4 is 0 Å². The standard InChI is InChI=1S/C6H13N.C5H11NO.C5H11N/c1-7-5-3-2-4-6-7;1-6-2-4-7-5-3-6;1-6-4-2-3-5-6/h7H,1-6H2;6H,1-5H2;6H,1-5H2. The molecule has 0 aromatic heterocycles. The molecule has 0 aromatic carbocycles. The maximum absolute atomic E-state index is 5.08. The van der Waals surface area contributed by atoms with Gasteiger partial charge in [0, 0.05) is 0 Å². The number of rotatable bonds is 0. The topological polar surface area (TPSA) is 22.6 Å². The predicted octanol–water partition coefficient (Wildman–Crippen LogP) is -2.00. The van der Waals surface area contributed by atoms with Crippen LogP contribution in [0.1, 0.15) is 32.1 Å². The molecule has 120 valence electrons. The van der Waals surface area contributed by atoms with E-state index >= 15 is 0 Å². The van der Waals surface area contributed by atoms with Crippen LogP contribution in [0.2, 0.25) is 0 Å². The van der Waals surface area contributed by atoms with E-state index in [-0.39, 0.29) is 0 Å². The molecule has 4 nitrogen and oxygen atoms in total. The maximum atomic E-state index is 5.08. The summed E-state index contributed by atoms with van der Waals surface area (Å²) in [6, 6.07) is 0. The average molecular weight is 285 g/mol. The predicted molar refractivity (Wildman–Crippen MR) is 82.1 cm³/mol. The van der Waals surface area contributed by atoms with Gasteiger partial charge in [0.1, 0.15) is 0 Å². The quantitative estimate of drug-likeness (QED) is 0.440. The van der Waals surface area contributed by atoms with Crippen LogP contribution in [0.15, 0.2) is 0 Å². The second-order valence-electron chi connectivity index (χ2n) is 6.13. The first kappa shape index (κ1) is 17.9. The van der Waals surface area contributed by atoms with Gasteiger partial charge >= 0.3 is 0 Å². The zero-order valence-electron chi connectivity index (χ0n) is 13.2. The summed E-state index contributed by atoms with van der Waals surface area (Å²) >= 11 is 0. The smallest absolute Gasteiger partial charge is 0.0938 e. The van der Waals surface area contributed by atoms with Crippen LogP contribution in [0.25, 0.3) is 0 Å². The van der Waals surface area contributed by atoms with Gasteiger partial charge in [-0.1, -0.05) is 0 Å². The summed E-state index contributed by atoms with van der Waals surface area (Å²) < 4.78 is 5.08.